The van der Waals surface area contributed by atoms with Crippen LogP contribution in [0.2, 0.25) is 0 Å². The van der Waals surface area contributed by atoms with Crippen LogP contribution in [0.3, 0.4) is 0 Å². The predicted molar refractivity (Wildman–Crippen MR) is 55.2 cm³/mol. The van der Waals surface area contributed by atoms with Gasteiger partial charge in [-0.2, -0.15) is 5.10 Å². The Labute approximate surface area is 93.1 Å². The number of hydrogen-bond donors (Lipinski definition) is 2. The Morgan fingerprint density at radius 1 is 1.69 bits per heavy atom. The number of carbonyl (C=O) groups is 1. The average Bonchev–Trinajstić information content (AvgIpc) is 2.61. The lowest BCUT2D eigenvalue weighted by atomic mass is 10.2. The average molecular weight is 247 g/mol. The number of sulfonamides is 1. The van der Waals surface area contributed by atoms with Crippen molar-refractivity contribution in [3.8, 4) is 0 Å². The summed E-state index contributed by atoms with van der Waals surface area (Å²) < 4.78 is 26.8. The van der Waals surface area contributed by atoms with Gasteiger partial charge in [-0.05, 0) is 0 Å². The number of rotatable bonds is 5. The fourth-order valence-electron chi connectivity index (χ4n) is 0.943. The predicted octanol–water partition coefficient (Wildman–Crippen LogP) is -0.581. The molecular formula is C8H13N3O4S. The SMILES string of the molecule is CC(CNS(=O)(=O)c1cnn(C)c1)C(=O)O. The summed E-state index contributed by atoms with van der Waals surface area (Å²) in [4.78, 5) is 10.5. The lowest BCUT2D eigenvalue weighted by molar-refractivity contribution is -0.140. The molecule has 1 aromatic rings. The molecule has 1 unspecified atom stereocenters. The summed E-state index contributed by atoms with van der Waals surface area (Å²) in [6.45, 7) is 1.28. The van der Waals surface area contributed by atoms with Gasteiger partial charge in [0.1, 0.15) is 4.90 Å². The van der Waals surface area contributed by atoms with Gasteiger partial charge in [0, 0.05) is 19.8 Å². The number of carboxylic acids is 1. The Bertz CT molecular complexity index is 479. The summed E-state index contributed by atoms with van der Waals surface area (Å²) in [5.74, 6) is -1.82. The van der Waals surface area contributed by atoms with Crippen LogP contribution in [0.25, 0.3) is 0 Å². The molecule has 0 fully saturated rings. The zero-order valence-electron chi connectivity index (χ0n) is 8.91. The van der Waals surface area contributed by atoms with E-state index in [1.807, 2.05) is 0 Å². The highest BCUT2D eigenvalue weighted by Crippen LogP contribution is 2.06. The molecule has 0 saturated carbocycles. The molecule has 0 aliphatic heterocycles. The number of nitrogens with zero attached hydrogens (tertiary/aromatic N) is 2. The maximum Gasteiger partial charge on any atom is 0.307 e. The van der Waals surface area contributed by atoms with Crippen molar-refractivity contribution in [2.75, 3.05) is 6.54 Å². The zero-order valence-corrected chi connectivity index (χ0v) is 9.73. The van der Waals surface area contributed by atoms with Crippen LogP contribution < -0.4 is 4.72 Å². The van der Waals surface area contributed by atoms with Crippen LogP contribution in [-0.2, 0) is 21.9 Å². The monoisotopic (exact) mass is 247 g/mol. The minimum Gasteiger partial charge on any atom is -0.481 e. The summed E-state index contributed by atoms with van der Waals surface area (Å²) >= 11 is 0. The molecule has 1 atom stereocenters. The Hall–Kier alpha value is -1.41. The molecule has 0 saturated heterocycles. The minimum absolute atomic E-state index is 0.0209. The van der Waals surface area contributed by atoms with E-state index in [1.165, 1.54) is 24.0 Å². The number of carboxylic acid groups (broad SMARTS) is 1. The number of hydrogen-bond acceptors (Lipinski definition) is 4. The third kappa shape index (κ3) is 3.04. The first-order valence-corrected chi connectivity index (χ1v) is 6.02. The summed E-state index contributed by atoms with van der Waals surface area (Å²) in [5, 5.41) is 12.3. The Morgan fingerprint density at radius 2 is 2.31 bits per heavy atom. The number of aryl methyl sites for hydroxylation is 1. The van der Waals surface area contributed by atoms with Crippen molar-refractivity contribution >= 4 is 16.0 Å². The fraction of sp³-hybridized carbons (Fsp3) is 0.500. The van der Waals surface area contributed by atoms with Crippen molar-refractivity contribution in [2.24, 2.45) is 13.0 Å². The van der Waals surface area contributed by atoms with Gasteiger partial charge in [-0.25, -0.2) is 13.1 Å². The lowest BCUT2D eigenvalue weighted by Crippen LogP contribution is -2.31. The molecule has 7 nitrogen and oxygen atoms in total. The van der Waals surface area contributed by atoms with Gasteiger partial charge in [0.25, 0.3) is 0 Å². The van der Waals surface area contributed by atoms with Gasteiger partial charge in [0.05, 0.1) is 12.1 Å². The van der Waals surface area contributed by atoms with E-state index in [2.05, 4.69) is 9.82 Å². The van der Waals surface area contributed by atoms with Crippen molar-refractivity contribution < 1.29 is 18.3 Å². The third-order valence-corrected chi connectivity index (χ3v) is 3.37. The van der Waals surface area contributed by atoms with Crippen LogP contribution in [0.4, 0.5) is 0 Å². The minimum atomic E-state index is -3.66. The normalized spacial score (nSPS) is 13.6. The van der Waals surface area contributed by atoms with Gasteiger partial charge in [0.2, 0.25) is 10.0 Å². The first kappa shape index (κ1) is 12.7. The molecule has 2 N–H and O–H groups in total. The van der Waals surface area contributed by atoms with E-state index in [1.54, 1.807) is 7.05 Å². The molecule has 0 radical (unpaired) electrons. The molecule has 1 rings (SSSR count). The molecule has 0 aliphatic carbocycles. The lowest BCUT2D eigenvalue weighted by Gasteiger charge is -2.07. The Kier molecular flexibility index (Phi) is 3.66. The van der Waals surface area contributed by atoms with E-state index in [0.717, 1.165) is 0 Å². The highest BCUT2D eigenvalue weighted by Gasteiger charge is 2.19. The molecule has 8 heteroatoms. The van der Waals surface area contributed by atoms with E-state index in [4.69, 9.17) is 5.11 Å². The molecule has 0 amide bonds. The first-order chi connectivity index (χ1) is 7.33. The highest BCUT2D eigenvalue weighted by atomic mass is 32.2. The Balaban J connectivity index is 2.70. The molecular weight excluding hydrogens is 234 g/mol. The van der Waals surface area contributed by atoms with E-state index < -0.39 is 21.9 Å². The van der Waals surface area contributed by atoms with Crippen LogP contribution in [0.5, 0.6) is 0 Å². The molecule has 1 heterocycles. The van der Waals surface area contributed by atoms with Crippen LogP contribution in [0.15, 0.2) is 17.3 Å². The molecule has 0 spiro atoms. The van der Waals surface area contributed by atoms with Crippen molar-refractivity contribution in [3.05, 3.63) is 12.4 Å². The maximum absolute atomic E-state index is 11.6. The summed E-state index contributed by atoms with van der Waals surface area (Å²) in [7, 11) is -2.07. The van der Waals surface area contributed by atoms with Crippen LogP contribution in [-0.4, -0.2) is 35.8 Å². The van der Waals surface area contributed by atoms with E-state index in [9.17, 15) is 13.2 Å². The smallest absolute Gasteiger partial charge is 0.307 e. The molecule has 16 heavy (non-hydrogen) atoms. The molecule has 0 aliphatic rings. The van der Waals surface area contributed by atoms with Crippen LogP contribution in [0.1, 0.15) is 6.92 Å². The topological polar surface area (TPSA) is 101 Å². The van der Waals surface area contributed by atoms with Crippen LogP contribution >= 0.6 is 0 Å². The van der Waals surface area contributed by atoms with Gasteiger partial charge in [-0.1, -0.05) is 6.92 Å². The number of nitrogens with one attached hydrogen (secondary N) is 1. The number of aliphatic carboxylic acids is 1. The van der Waals surface area contributed by atoms with Gasteiger partial charge in [-0.15, -0.1) is 0 Å². The van der Waals surface area contributed by atoms with E-state index in [-0.39, 0.29) is 11.4 Å². The van der Waals surface area contributed by atoms with Crippen molar-refractivity contribution in [1.29, 1.82) is 0 Å². The van der Waals surface area contributed by atoms with Crippen LogP contribution in [0, 0.1) is 5.92 Å². The molecule has 1 aromatic heterocycles. The molecule has 0 aromatic carbocycles. The summed E-state index contributed by atoms with van der Waals surface area (Å²) in [5.41, 5.74) is 0. The standard InChI is InChI=1S/C8H13N3O4S/c1-6(8(12)13)3-10-16(14,15)7-4-9-11(2)5-7/h4-6,10H,3H2,1-2H3,(H,12,13). The van der Waals surface area contributed by atoms with Gasteiger partial charge in [0.15, 0.2) is 0 Å². The zero-order chi connectivity index (χ0) is 12.3. The largest absolute Gasteiger partial charge is 0.481 e. The number of aromatic nitrogens is 2. The molecule has 90 valence electrons. The quantitative estimate of drug-likeness (QED) is 0.724. The van der Waals surface area contributed by atoms with E-state index in [0.29, 0.717) is 0 Å². The van der Waals surface area contributed by atoms with Gasteiger partial charge < -0.3 is 5.11 Å². The van der Waals surface area contributed by atoms with Crippen molar-refractivity contribution in [1.82, 2.24) is 14.5 Å². The summed E-state index contributed by atoms with van der Waals surface area (Å²) in [6, 6.07) is 0. The third-order valence-electron chi connectivity index (χ3n) is 1.99. The van der Waals surface area contributed by atoms with Crippen molar-refractivity contribution in [3.63, 3.8) is 0 Å². The second-order valence-corrected chi connectivity index (χ2v) is 5.21. The van der Waals surface area contributed by atoms with E-state index >= 15 is 0 Å². The molecule has 0 bridgehead atoms. The highest BCUT2D eigenvalue weighted by molar-refractivity contribution is 7.89. The van der Waals surface area contributed by atoms with Gasteiger partial charge in [-0.3, -0.25) is 9.48 Å². The maximum atomic E-state index is 11.6. The summed E-state index contributed by atoms with van der Waals surface area (Å²) in [6.07, 6.45) is 2.54. The second kappa shape index (κ2) is 4.62. The second-order valence-electron chi connectivity index (χ2n) is 3.44. The Morgan fingerprint density at radius 3 is 2.75 bits per heavy atom. The first-order valence-electron chi connectivity index (χ1n) is 4.54. The van der Waals surface area contributed by atoms with Gasteiger partial charge >= 0.3 is 5.97 Å². The fourth-order valence-corrected chi connectivity index (χ4v) is 2.06. The van der Waals surface area contributed by atoms with Crippen molar-refractivity contribution in [2.45, 2.75) is 11.8 Å².